The van der Waals surface area contributed by atoms with E-state index >= 15 is 0 Å². The first kappa shape index (κ1) is 16.2. The van der Waals surface area contributed by atoms with Crippen molar-refractivity contribution in [2.45, 2.75) is 51.0 Å². The maximum absolute atomic E-state index is 13.0. The maximum atomic E-state index is 13.0. The average Bonchev–Trinajstić information content (AvgIpc) is 3.26. The molecule has 1 aliphatic rings. The molecule has 2 rings (SSSR count). The fourth-order valence-electron chi connectivity index (χ4n) is 2.24. The van der Waals surface area contributed by atoms with Gasteiger partial charge < -0.3 is 5.32 Å². The van der Waals surface area contributed by atoms with Gasteiger partial charge in [-0.1, -0.05) is 6.92 Å². The van der Waals surface area contributed by atoms with E-state index in [-0.39, 0.29) is 10.9 Å². The third-order valence-corrected chi connectivity index (χ3v) is 5.68. The molecule has 0 saturated heterocycles. The molecule has 1 aromatic rings. The molecule has 1 aliphatic carbocycles. The van der Waals surface area contributed by atoms with Crippen molar-refractivity contribution >= 4 is 15.8 Å². The number of sulfonamides is 1. The largest absolute Gasteiger partial charge is 0.369 e. The third-order valence-electron chi connectivity index (χ3n) is 3.61. The minimum Gasteiger partial charge on any atom is -0.369 e. The van der Waals surface area contributed by atoms with Crippen LogP contribution < -0.4 is 5.32 Å². The van der Waals surface area contributed by atoms with Crippen LogP contribution in [0.4, 0.5) is 5.82 Å². The molecule has 0 aliphatic heterocycles. The summed E-state index contributed by atoms with van der Waals surface area (Å²) in [6.45, 7) is 7.22. The van der Waals surface area contributed by atoms with Gasteiger partial charge in [0.05, 0.1) is 0 Å². The molecule has 0 aromatic carbocycles. The van der Waals surface area contributed by atoms with Crippen LogP contribution in [0.15, 0.2) is 23.2 Å². The normalized spacial score (nSPS) is 15.7. The van der Waals surface area contributed by atoms with Crippen molar-refractivity contribution in [2.24, 2.45) is 5.92 Å². The molecule has 1 N–H and O–H groups in total. The molecular formula is C15H25N3O2S. The van der Waals surface area contributed by atoms with E-state index in [0.717, 1.165) is 19.3 Å². The summed E-state index contributed by atoms with van der Waals surface area (Å²) in [5, 5.41) is 3.11. The van der Waals surface area contributed by atoms with E-state index in [9.17, 15) is 8.42 Å². The molecule has 0 amide bonds. The Hall–Kier alpha value is -1.14. The highest BCUT2D eigenvalue weighted by Crippen LogP contribution is 2.33. The van der Waals surface area contributed by atoms with Crippen LogP contribution in [0.25, 0.3) is 0 Å². The Morgan fingerprint density at radius 3 is 2.71 bits per heavy atom. The maximum Gasteiger partial charge on any atom is 0.246 e. The van der Waals surface area contributed by atoms with Crippen molar-refractivity contribution < 1.29 is 8.42 Å². The Balaban J connectivity index is 2.32. The average molecular weight is 311 g/mol. The lowest BCUT2D eigenvalue weighted by molar-refractivity contribution is 0.342. The molecular weight excluding hydrogens is 286 g/mol. The van der Waals surface area contributed by atoms with Gasteiger partial charge in [0.25, 0.3) is 0 Å². The standard InChI is InChI=1S/C15H25N3O2S/c1-4-9-16-15-14(6-5-10-17-15)21(19,20)18(12(2)3)11-13-7-8-13/h5-6,10,12-13H,4,7-9,11H2,1-3H3,(H,16,17). The first-order valence-corrected chi connectivity index (χ1v) is 9.11. The molecule has 6 heteroatoms. The fraction of sp³-hybridized carbons (Fsp3) is 0.667. The quantitative estimate of drug-likeness (QED) is 0.802. The molecule has 1 fully saturated rings. The first-order valence-electron chi connectivity index (χ1n) is 7.67. The zero-order valence-corrected chi connectivity index (χ0v) is 13.9. The molecule has 5 nitrogen and oxygen atoms in total. The van der Waals surface area contributed by atoms with Crippen LogP contribution >= 0.6 is 0 Å². The van der Waals surface area contributed by atoms with E-state index in [4.69, 9.17) is 0 Å². The van der Waals surface area contributed by atoms with Crippen molar-refractivity contribution in [1.29, 1.82) is 0 Å². The van der Waals surface area contributed by atoms with Gasteiger partial charge in [-0.15, -0.1) is 0 Å². The van der Waals surface area contributed by atoms with Crippen molar-refractivity contribution in [1.82, 2.24) is 9.29 Å². The third kappa shape index (κ3) is 3.95. The van der Waals surface area contributed by atoms with Crippen LogP contribution in [0.1, 0.15) is 40.0 Å². The molecule has 1 aromatic heterocycles. The van der Waals surface area contributed by atoms with Crippen LogP contribution in [0, 0.1) is 5.92 Å². The zero-order chi connectivity index (χ0) is 15.5. The molecule has 0 atom stereocenters. The number of hydrogen-bond donors (Lipinski definition) is 1. The number of nitrogens with zero attached hydrogens (tertiary/aromatic N) is 2. The van der Waals surface area contributed by atoms with Crippen LogP contribution in [0.2, 0.25) is 0 Å². The summed E-state index contributed by atoms with van der Waals surface area (Å²) in [5.41, 5.74) is 0. The number of pyridine rings is 1. The molecule has 0 radical (unpaired) electrons. The number of aromatic nitrogens is 1. The zero-order valence-electron chi connectivity index (χ0n) is 13.0. The van der Waals surface area contributed by atoms with Crippen LogP contribution in [-0.4, -0.2) is 36.8 Å². The van der Waals surface area contributed by atoms with Gasteiger partial charge in [-0.2, -0.15) is 4.31 Å². The Morgan fingerprint density at radius 1 is 1.43 bits per heavy atom. The Bertz CT molecular complexity index is 568. The highest BCUT2D eigenvalue weighted by Gasteiger charge is 2.34. The number of nitrogens with one attached hydrogen (secondary N) is 1. The van der Waals surface area contributed by atoms with Gasteiger partial charge in [0.15, 0.2) is 0 Å². The van der Waals surface area contributed by atoms with Crippen molar-refractivity contribution in [3.63, 3.8) is 0 Å². The predicted octanol–water partition coefficient (Wildman–Crippen LogP) is 2.71. The highest BCUT2D eigenvalue weighted by molar-refractivity contribution is 7.89. The lowest BCUT2D eigenvalue weighted by Gasteiger charge is -2.26. The topological polar surface area (TPSA) is 62.3 Å². The van der Waals surface area contributed by atoms with Gasteiger partial charge in [0, 0.05) is 25.3 Å². The van der Waals surface area contributed by atoms with E-state index in [0.29, 0.717) is 24.8 Å². The highest BCUT2D eigenvalue weighted by atomic mass is 32.2. The summed E-state index contributed by atoms with van der Waals surface area (Å²) >= 11 is 0. The van der Waals surface area contributed by atoms with Gasteiger partial charge in [-0.3, -0.25) is 0 Å². The van der Waals surface area contributed by atoms with Crippen molar-refractivity contribution in [3.8, 4) is 0 Å². The molecule has 0 unspecified atom stereocenters. The van der Waals surface area contributed by atoms with E-state index < -0.39 is 10.0 Å². The number of hydrogen-bond acceptors (Lipinski definition) is 4. The summed E-state index contributed by atoms with van der Waals surface area (Å²) in [7, 11) is -3.51. The summed E-state index contributed by atoms with van der Waals surface area (Å²) in [6, 6.07) is 3.28. The van der Waals surface area contributed by atoms with Gasteiger partial charge in [-0.25, -0.2) is 13.4 Å². The lowest BCUT2D eigenvalue weighted by atomic mass is 10.3. The van der Waals surface area contributed by atoms with Crippen molar-refractivity contribution in [3.05, 3.63) is 18.3 Å². The fourth-order valence-corrected chi connectivity index (χ4v) is 4.08. The first-order chi connectivity index (χ1) is 9.96. The smallest absolute Gasteiger partial charge is 0.246 e. The second kappa shape index (κ2) is 6.75. The minimum atomic E-state index is -3.51. The molecule has 118 valence electrons. The van der Waals surface area contributed by atoms with Crippen LogP contribution in [0.5, 0.6) is 0 Å². The second-order valence-electron chi connectivity index (χ2n) is 5.89. The van der Waals surface area contributed by atoms with Gasteiger partial charge in [0.1, 0.15) is 10.7 Å². The summed E-state index contributed by atoms with van der Waals surface area (Å²) in [5.74, 6) is 0.978. The van der Waals surface area contributed by atoms with E-state index in [1.165, 1.54) is 0 Å². The second-order valence-corrected chi connectivity index (χ2v) is 7.75. The lowest BCUT2D eigenvalue weighted by Crippen LogP contribution is -2.38. The molecule has 1 saturated carbocycles. The predicted molar refractivity (Wildman–Crippen MR) is 84.8 cm³/mol. The summed E-state index contributed by atoms with van der Waals surface area (Å²) < 4.78 is 27.5. The monoisotopic (exact) mass is 311 g/mol. The summed E-state index contributed by atoms with van der Waals surface area (Å²) in [6.07, 6.45) is 4.81. The van der Waals surface area contributed by atoms with E-state index in [2.05, 4.69) is 10.3 Å². The van der Waals surface area contributed by atoms with Crippen molar-refractivity contribution in [2.75, 3.05) is 18.4 Å². The minimum absolute atomic E-state index is 0.0465. The SMILES string of the molecule is CCCNc1ncccc1S(=O)(=O)N(CC1CC1)C(C)C. The van der Waals surface area contributed by atoms with E-state index in [1.54, 1.807) is 22.6 Å². The molecule has 0 bridgehead atoms. The van der Waals surface area contributed by atoms with Gasteiger partial charge >= 0.3 is 0 Å². The van der Waals surface area contributed by atoms with Crippen LogP contribution in [0.3, 0.4) is 0 Å². The molecule has 21 heavy (non-hydrogen) atoms. The molecule has 0 spiro atoms. The van der Waals surface area contributed by atoms with Crippen LogP contribution in [-0.2, 0) is 10.0 Å². The Labute approximate surface area is 127 Å². The van der Waals surface area contributed by atoms with E-state index in [1.807, 2.05) is 20.8 Å². The Kier molecular flexibility index (Phi) is 5.22. The Morgan fingerprint density at radius 2 is 2.14 bits per heavy atom. The van der Waals surface area contributed by atoms with Gasteiger partial charge in [-0.05, 0) is 51.2 Å². The van der Waals surface area contributed by atoms with Gasteiger partial charge in [0.2, 0.25) is 10.0 Å². The summed E-state index contributed by atoms with van der Waals surface area (Å²) in [4.78, 5) is 4.49. The number of rotatable bonds is 8. The number of anilines is 1. The molecule has 1 heterocycles.